The molecular weight excluding hydrogens is 450 g/mol. The normalized spacial score (nSPS) is 12.6. The highest BCUT2D eigenvalue weighted by Crippen LogP contribution is 2.19. The van der Waals surface area contributed by atoms with Crippen LogP contribution in [0.1, 0.15) is 51.7 Å². The van der Waals surface area contributed by atoms with Gasteiger partial charge in [-0.25, -0.2) is 8.42 Å². The lowest BCUT2D eigenvalue weighted by atomic mass is 10.1. The average molecular weight is 488 g/mol. The Hall–Kier alpha value is -2.87. The molecule has 2 rings (SSSR count). The molecule has 2 aromatic rings. The number of para-hydroxylation sites is 1. The van der Waals surface area contributed by atoms with Crippen molar-refractivity contribution >= 4 is 27.5 Å². The SMILES string of the molecule is Cc1ccccc1CN(C(=O)CCCN(c1ccccc1)S(C)(=O)=O)C(C)C(=O)NC(C)(C)C. The molecule has 34 heavy (non-hydrogen) atoms. The zero-order valence-corrected chi connectivity index (χ0v) is 21.9. The van der Waals surface area contributed by atoms with Gasteiger partial charge in [-0.2, -0.15) is 0 Å². The maximum atomic E-state index is 13.3. The van der Waals surface area contributed by atoms with E-state index in [1.165, 1.54) is 4.31 Å². The van der Waals surface area contributed by atoms with E-state index in [4.69, 9.17) is 0 Å². The summed E-state index contributed by atoms with van der Waals surface area (Å²) < 4.78 is 26.0. The van der Waals surface area contributed by atoms with Gasteiger partial charge in [0.2, 0.25) is 21.8 Å². The molecule has 0 aromatic heterocycles. The molecule has 7 nitrogen and oxygen atoms in total. The third-order valence-corrected chi connectivity index (χ3v) is 6.66. The van der Waals surface area contributed by atoms with E-state index in [9.17, 15) is 18.0 Å². The minimum absolute atomic E-state index is 0.123. The molecule has 1 unspecified atom stereocenters. The van der Waals surface area contributed by atoms with Crippen molar-refractivity contribution in [2.75, 3.05) is 17.1 Å². The topological polar surface area (TPSA) is 86.8 Å². The van der Waals surface area contributed by atoms with Crippen LogP contribution in [0.5, 0.6) is 0 Å². The number of sulfonamides is 1. The molecule has 186 valence electrons. The molecular formula is C26H37N3O4S. The highest BCUT2D eigenvalue weighted by atomic mass is 32.2. The van der Waals surface area contributed by atoms with Gasteiger partial charge < -0.3 is 10.2 Å². The third-order valence-electron chi connectivity index (χ3n) is 5.46. The largest absolute Gasteiger partial charge is 0.350 e. The summed E-state index contributed by atoms with van der Waals surface area (Å²) >= 11 is 0. The average Bonchev–Trinajstić information content (AvgIpc) is 2.74. The molecule has 0 aliphatic heterocycles. The van der Waals surface area contributed by atoms with Crippen molar-refractivity contribution in [3.8, 4) is 0 Å². The monoisotopic (exact) mass is 487 g/mol. The van der Waals surface area contributed by atoms with Crippen molar-refractivity contribution in [2.45, 2.75) is 65.6 Å². The van der Waals surface area contributed by atoms with E-state index in [2.05, 4.69) is 5.32 Å². The van der Waals surface area contributed by atoms with Crippen LogP contribution in [0.2, 0.25) is 0 Å². The van der Waals surface area contributed by atoms with Crippen LogP contribution in [-0.2, 0) is 26.2 Å². The van der Waals surface area contributed by atoms with Gasteiger partial charge in [0.15, 0.2) is 0 Å². The second kappa shape index (κ2) is 11.5. The van der Waals surface area contributed by atoms with Gasteiger partial charge in [-0.15, -0.1) is 0 Å². The molecule has 1 N–H and O–H groups in total. The Morgan fingerprint density at radius 2 is 1.59 bits per heavy atom. The van der Waals surface area contributed by atoms with E-state index in [0.717, 1.165) is 17.4 Å². The van der Waals surface area contributed by atoms with Crippen molar-refractivity contribution in [3.63, 3.8) is 0 Å². The zero-order chi connectivity index (χ0) is 25.5. The van der Waals surface area contributed by atoms with E-state index in [0.29, 0.717) is 18.7 Å². The number of carbonyl (C=O) groups is 2. The van der Waals surface area contributed by atoms with E-state index in [1.54, 1.807) is 36.1 Å². The lowest BCUT2D eigenvalue weighted by molar-refractivity contribution is -0.141. The number of rotatable bonds is 10. The van der Waals surface area contributed by atoms with Crippen LogP contribution in [0, 0.1) is 6.92 Å². The number of aryl methyl sites for hydroxylation is 1. The lowest BCUT2D eigenvalue weighted by Crippen LogP contribution is -2.52. The van der Waals surface area contributed by atoms with Crippen LogP contribution in [0.4, 0.5) is 5.69 Å². The number of hydrogen-bond acceptors (Lipinski definition) is 4. The Labute approximate surface area is 204 Å². The zero-order valence-electron chi connectivity index (χ0n) is 21.0. The second-order valence-corrected chi connectivity index (χ2v) is 11.5. The van der Waals surface area contributed by atoms with Crippen LogP contribution >= 0.6 is 0 Å². The summed E-state index contributed by atoms with van der Waals surface area (Å²) in [4.78, 5) is 27.8. The smallest absolute Gasteiger partial charge is 0.242 e. The Morgan fingerprint density at radius 3 is 2.15 bits per heavy atom. The fraction of sp³-hybridized carbons (Fsp3) is 0.462. The number of hydrogen-bond donors (Lipinski definition) is 1. The molecule has 0 saturated heterocycles. The Balaban J connectivity index is 2.18. The predicted molar refractivity (Wildman–Crippen MR) is 137 cm³/mol. The van der Waals surface area contributed by atoms with Gasteiger partial charge in [-0.3, -0.25) is 13.9 Å². The van der Waals surface area contributed by atoms with Gasteiger partial charge >= 0.3 is 0 Å². The molecule has 0 radical (unpaired) electrons. The molecule has 1 atom stereocenters. The first-order valence-corrected chi connectivity index (χ1v) is 13.3. The van der Waals surface area contributed by atoms with Crippen molar-refractivity contribution in [1.29, 1.82) is 0 Å². The molecule has 0 bridgehead atoms. The molecule has 0 heterocycles. The van der Waals surface area contributed by atoms with Crippen LogP contribution in [0.3, 0.4) is 0 Å². The molecule has 0 saturated carbocycles. The Morgan fingerprint density at radius 1 is 1.00 bits per heavy atom. The van der Waals surface area contributed by atoms with Gasteiger partial charge in [-0.05, 0) is 64.3 Å². The summed E-state index contributed by atoms with van der Waals surface area (Å²) in [5, 5.41) is 2.95. The number of carbonyl (C=O) groups excluding carboxylic acids is 2. The van der Waals surface area contributed by atoms with Gasteiger partial charge in [0.25, 0.3) is 0 Å². The predicted octanol–water partition coefficient (Wildman–Crippen LogP) is 3.87. The van der Waals surface area contributed by atoms with Crippen LogP contribution in [0.15, 0.2) is 54.6 Å². The molecule has 2 aromatic carbocycles. The molecule has 2 amide bonds. The number of benzene rings is 2. The highest BCUT2D eigenvalue weighted by Gasteiger charge is 2.29. The summed E-state index contributed by atoms with van der Waals surface area (Å²) in [5.41, 5.74) is 2.14. The first-order chi connectivity index (χ1) is 15.8. The summed E-state index contributed by atoms with van der Waals surface area (Å²) in [5.74, 6) is -0.419. The minimum atomic E-state index is -3.50. The maximum absolute atomic E-state index is 13.3. The summed E-state index contributed by atoms with van der Waals surface area (Å²) in [7, 11) is -3.50. The van der Waals surface area contributed by atoms with Crippen molar-refractivity contribution in [3.05, 3.63) is 65.7 Å². The first-order valence-electron chi connectivity index (χ1n) is 11.5. The number of amides is 2. The van der Waals surface area contributed by atoms with E-state index in [-0.39, 0.29) is 24.8 Å². The van der Waals surface area contributed by atoms with Gasteiger partial charge in [0, 0.05) is 25.0 Å². The van der Waals surface area contributed by atoms with E-state index >= 15 is 0 Å². The fourth-order valence-electron chi connectivity index (χ4n) is 3.63. The van der Waals surface area contributed by atoms with E-state index in [1.807, 2.05) is 58.0 Å². The highest BCUT2D eigenvalue weighted by molar-refractivity contribution is 7.92. The van der Waals surface area contributed by atoms with Gasteiger partial charge in [0.05, 0.1) is 11.9 Å². The van der Waals surface area contributed by atoms with Crippen LogP contribution < -0.4 is 9.62 Å². The van der Waals surface area contributed by atoms with Crippen molar-refractivity contribution < 1.29 is 18.0 Å². The molecule has 0 spiro atoms. The van der Waals surface area contributed by atoms with Crippen LogP contribution in [-0.4, -0.2) is 49.5 Å². The molecule has 0 aliphatic carbocycles. The lowest BCUT2D eigenvalue weighted by Gasteiger charge is -2.32. The standard InChI is InChI=1S/C26H37N3O4S/c1-20-13-10-11-14-22(20)19-28(21(2)25(31)27-26(3,4)5)24(30)17-12-18-29(34(6,32)33)23-15-8-7-9-16-23/h7-11,13-16,21H,12,17-19H2,1-6H3,(H,27,31). The van der Waals surface area contributed by atoms with Gasteiger partial charge in [-0.1, -0.05) is 42.5 Å². The number of anilines is 1. The fourth-order valence-corrected chi connectivity index (χ4v) is 4.59. The second-order valence-electron chi connectivity index (χ2n) is 9.64. The summed E-state index contributed by atoms with van der Waals surface area (Å²) in [6.45, 7) is 9.87. The van der Waals surface area contributed by atoms with Crippen molar-refractivity contribution in [2.24, 2.45) is 0 Å². The number of nitrogens with zero attached hydrogens (tertiary/aromatic N) is 2. The quantitative estimate of drug-likeness (QED) is 0.551. The minimum Gasteiger partial charge on any atom is -0.350 e. The van der Waals surface area contributed by atoms with Gasteiger partial charge in [0.1, 0.15) is 6.04 Å². The molecule has 0 aliphatic rings. The van der Waals surface area contributed by atoms with E-state index < -0.39 is 21.6 Å². The third kappa shape index (κ3) is 8.17. The van der Waals surface area contributed by atoms with Crippen LogP contribution in [0.25, 0.3) is 0 Å². The Kier molecular flexibility index (Phi) is 9.27. The molecule has 0 fully saturated rings. The summed E-state index contributed by atoms with van der Waals surface area (Å²) in [6.07, 6.45) is 1.61. The van der Waals surface area contributed by atoms with Crippen molar-refractivity contribution in [1.82, 2.24) is 10.2 Å². The Bertz CT molecular complexity index is 1080. The number of nitrogens with one attached hydrogen (secondary N) is 1. The molecule has 8 heteroatoms. The maximum Gasteiger partial charge on any atom is 0.242 e. The first kappa shape index (κ1) is 27.4. The summed E-state index contributed by atoms with van der Waals surface area (Å²) in [6, 6.07) is 15.9.